The van der Waals surface area contributed by atoms with Crippen molar-refractivity contribution in [2.75, 3.05) is 7.11 Å². The summed E-state index contributed by atoms with van der Waals surface area (Å²) in [4.78, 5) is 11.5. The van der Waals surface area contributed by atoms with E-state index in [9.17, 15) is 4.79 Å². The summed E-state index contributed by atoms with van der Waals surface area (Å²) < 4.78 is 4.73. The number of hydrogen-bond donors (Lipinski definition) is 0. The third-order valence-electron chi connectivity index (χ3n) is 3.71. The van der Waals surface area contributed by atoms with Crippen molar-refractivity contribution in [1.82, 2.24) is 0 Å². The number of esters is 1. The summed E-state index contributed by atoms with van der Waals surface area (Å²) in [6.45, 7) is 3.82. The lowest BCUT2D eigenvalue weighted by Crippen LogP contribution is -2.06. The minimum atomic E-state index is -0.354. The van der Waals surface area contributed by atoms with Crippen LogP contribution in [0.25, 0.3) is 21.5 Å². The third-order valence-corrected chi connectivity index (χ3v) is 3.71. The summed E-state index contributed by atoms with van der Waals surface area (Å²) in [6, 6.07) is 18.8. The molecule has 0 saturated carbocycles. The molecule has 0 bridgehead atoms. The number of carbonyl (C=O) groups is 1. The third kappa shape index (κ3) is 2.52. The van der Waals surface area contributed by atoms with Crippen molar-refractivity contribution in [3.8, 4) is 0 Å². The molecule has 104 valence electrons. The molecule has 2 heteroatoms. The van der Waals surface area contributed by atoms with E-state index in [-0.39, 0.29) is 5.97 Å². The Morgan fingerprint density at radius 2 is 1.67 bits per heavy atom. The zero-order chi connectivity index (χ0) is 14.8. The molecule has 3 rings (SSSR count). The molecule has 3 aromatic rings. The van der Waals surface area contributed by atoms with Crippen LogP contribution in [0.15, 0.2) is 66.7 Å². The highest BCUT2D eigenvalue weighted by Gasteiger charge is 2.10. The van der Waals surface area contributed by atoms with Crippen LogP contribution in [0.3, 0.4) is 0 Å². The van der Waals surface area contributed by atoms with Gasteiger partial charge in [-0.25, -0.2) is 4.79 Å². The van der Waals surface area contributed by atoms with Gasteiger partial charge in [0.25, 0.3) is 0 Å². The highest BCUT2D eigenvalue weighted by molar-refractivity contribution is 6.00. The van der Waals surface area contributed by atoms with Gasteiger partial charge in [0.1, 0.15) is 0 Å². The van der Waals surface area contributed by atoms with Crippen molar-refractivity contribution in [3.63, 3.8) is 0 Å². The fraction of sp³-hybridized carbons (Fsp3) is 0.105. The number of benzene rings is 3. The van der Waals surface area contributed by atoms with E-state index in [1.807, 2.05) is 24.3 Å². The van der Waals surface area contributed by atoms with Gasteiger partial charge in [0, 0.05) is 12.0 Å². The van der Waals surface area contributed by atoms with Crippen molar-refractivity contribution in [2.24, 2.45) is 0 Å². The average molecular weight is 276 g/mol. The van der Waals surface area contributed by atoms with Crippen LogP contribution in [0.1, 0.15) is 5.56 Å². The van der Waals surface area contributed by atoms with Gasteiger partial charge in [-0.3, -0.25) is 0 Å². The van der Waals surface area contributed by atoms with Crippen LogP contribution in [0.2, 0.25) is 0 Å². The van der Waals surface area contributed by atoms with Crippen LogP contribution in [0.4, 0.5) is 0 Å². The lowest BCUT2D eigenvalue weighted by Gasteiger charge is -2.09. The van der Waals surface area contributed by atoms with Gasteiger partial charge in [-0.2, -0.15) is 0 Å². The van der Waals surface area contributed by atoms with Gasteiger partial charge < -0.3 is 4.74 Å². The summed E-state index contributed by atoms with van der Waals surface area (Å²) in [5.41, 5.74) is 1.56. The molecule has 0 aliphatic rings. The molecule has 0 spiro atoms. The molecular formula is C19H16O2. The number of carbonyl (C=O) groups excluding carboxylic acids is 1. The molecule has 0 aliphatic heterocycles. The van der Waals surface area contributed by atoms with Crippen LogP contribution < -0.4 is 0 Å². The molecule has 21 heavy (non-hydrogen) atoms. The van der Waals surface area contributed by atoms with Gasteiger partial charge in [0.2, 0.25) is 0 Å². The van der Waals surface area contributed by atoms with Crippen LogP contribution in [0.5, 0.6) is 0 Å². The molecule has 0 radical (unpaired) electrons. The van der Waals surface area contributed by atoms with E-state index >= 15 is 0 Å². The van der Waals surface area contributed by atoms with Gasteiger partial charge in [0.15, 0.2) is 0 Å². The minimum Gasteiger partial charge on any atom is -0.466 e. The second kappa shape index (κ2) is 5.41. The fourth-order valence-electron chi connectivity index (χ4n) is 2.63. The van der Waals surface area contributed by atoms with Crippen molar-refractivity contribution in [1.29, 1.82) is 0 Å². The molecular weight excluding hydrogens is 260 g/mol. The Morgan fingerprint density at radius 3 is 2.38 bits per heavy atom. The number of hydrogen-bond acceptors (Lipinski definition) is 2. The summed E-state index contributed by atoms with van der Waals surface area (Å²) in [6.07, 6.45) is 0.502. The number of rotatable bonds is 3. The first-order valence-electron chi connectivity index (χ1n) is 6.85. The first-order valence-corrected chi connectivity index (χ1v) is 6.85. The molecule has 3 aromatic carbocycles. The molecule has 0 fully saturated rings. The predicted molar refractivity (Wildman–Crippen MR) is 86.3 cm³/mol. The second-order valence-electron chi connectivity index (χ2n) is 5.11. The summed E-state index contributed by atoms with van der Waals surface area (Å²) in [7, 11) is 1.38. The zero-order valence-corrected chi connectivity index (χ0v) is 11.9. The van der Waals surface area contributed by atoms with Crippen LogP contribution in [-0.2, 0) is 16.0 Å². The Balaban J connectivity index is 2.12. The molecule has 0 N–H and O–H groups in total. The van der Waals surface area contributed by atoms with E-state index in [1.165, 1.54) is 23.3 Å². The van der Waals surface area contributed by atoms with Gasteiger partial charge >= 0.3 is 5.97 Å². The molecule has 2 nitrogen and oxygen atoms in total. The highest BCUT2D eigenvalue weighted by Crippen LogP contribution is 2.26. The molecule has 0 saturated heterocycles. The van der Waals surface area contributed by atoms with Crippen molar-refractivity contribution in [3.05, 3.63) is 72.3 Å². The van der Waals surface area contributed by atoms with E-state index in [1.54, 1.807) is 0 Å². The van der Waals surface area contributed by atoms with Crippen molar-refractivity contribution >= 4 is 27.5 Å². The topological polar surface area (TPSA) is 26.3 Å². The quantitative estimate of drug-likeness (QED) is 0.406. The summed E-state index contributed by atoms with van der Waals surface area (Å²) in [5, 5.41) is 4.74. The van der Waals surface area contributed by atoms with Gasteiger partial charge in [-0.1, -0.05) is 49.0 Å². The number of ether oxygens (including phenoxy) is 1. The van der Waals surface area contributed by atoms with Crippen LogP contribution in [-0.4, -0.2) is 13.1 Å². The molecule has 0 amide bonds. The summed E-state index contributed by atoms with van der Waals surface area (Å²) >= 11 is 0. The molecule has 0 aliphatic carbocycles. The maximum absolute atomic E-state index is 11.5. The van der Waals surface area contributed by atoms with Gasteiger partial charge in [0.05, 0.1) is 7.11 Å². The Morgan fingerprint density at radius 1 is 1.00 bits per heavy atom. The highest BCUT2D eigenvalue weighted by atomic mass is 16.5. The van der Waals surface area contributed by atoms with Gasteiger partial charge in [-0.15, -0.1) is 0 Å². The number of methoxy groups -OCH3 is 1. The van der Waals surface area contributed by atoms with Crippen LogP contribution in [0, 0.1) is 0 Å². The maximum atomic E-state index is 11.5. The lowest BCUT2D eigenvalue weighted by atomic mass is 9.96. The summed E-state index contributed by atoms with van der Waals surface area (Å²) in [5.74, 6) is -0.354. The van der Waals surface area contributed by atoms with Crippen LogP contribution >= 0.6 is 0 Å². The largest absolute Gasteiger partial charge is 0.466 e. The average Bonchev–Trinajstić information content (AvgIpc) is 2.52. The smallest absolute Gasteiger partial charge is 0.333 e. The first-order chi connectivity index (χ1) is 10.2. The van der Waals surface area contributed by atoms with E-state index in [0.717, 1.165) is 10.9 Å². The predicted octanol–water partition coefficient (Wildman–Crippen LogP) is 4.26. The standard InChI is InChI=1S/C19H16O2/c1-13(19(20)21-2)10-16-8-5-9-17-11-14-6-3-4-7-15(14)12-18(16)17/h3-9,11-12H,1,10H2,2H3. The SMILES string of the molecule is C=C(Cc1cccc2cc3ccccc3cc12)C(=O)OC. The first kappa shape index (κ1) is 13.4. The molecule has 0 aromatic heterocycles. The number of fused-ring (bicyclic) bond motifs is 2. The minimum absolute atomic E-state index is 0.354. The van der Waals surface area contributed by atoms with E-state index in [2.05, 4.69) is 36.9 Å². The van der Waals surface area contributed by atoms with E-state index in [4.69, 9.17) is 4.74 Å². The Hall–Kier alpha value is -2.61. The molecule has 0 unspecified atom stereocenters. The Kier molecular flexibility index (Phi) is 3.44. The molecule has 0 atom stereocenters. The lowest BCUT2D eigenvalue weighted by molar-refractivity contribution is -0.136. The van der Waals surface area contributed by atoms with Crippen molar-refractivity contribution < 1.29 is 9.53 Å². The Labute approximate surface area is 123 Å². The van der Waals surface area contributed by atoms with Gasteiger partial charge in [-0.05, 0) is 39.2 Å². The zero-order valence-electron chi connectivity index (χ0n) is 11.9. The second-order valence-corrected chi connectivity index (χ2v) is 5.11. The Bertz CT molecular complexity index is 846. The van der Waals surface area contributed by atoms with Crippen molar-refractivity contribution in [2.45, 2.75) is 6.42 Å². The fourth-order valence-corrected chi connectivity index (χ4v) is 2.63. The molecule has 0 heterocycles. The van der Waals surface area contributed by atoms with E-state index < -0.39 is 0 Å². The maximum Gasteiger partial charge on any atom is 0.333 e. The van der Waals surface area contributed by atoms with E-state index in [0.29, 0.717) is 12.0 Å². The normalized spacial score (nSPS) is 10.7. The monoisotopic (exact) mass is 276 g/mol.